The molecular formula is C10H18N2O2. The second-order valence-electron chi connectivity index (χ2n) is 4.21. The highest BCUT2D eigenvalue weighted by molar-refractivity contribution is 5.79. The van der Waals surface area contributed by atoms with Crippen molar-refractivity contribution in [2.75, 3.05) is 33.4 Å². The summed E-state index contributed by atoms with van der Waals surface area (Å²) >= 11 is 0. The minimum Gasteiger partial charge on any atom is -0.379 e. The van der Waals surface area contributed by atoms with Gasteiger partial charge in [-0.2, -0.15) is 0 Å². The topological polar surface area (TPSA) is 41.6 Å². The number of carbonyl (C=O) groups is 1. The van der Waals surface area contributed by atoms with Crippen LogP contribution in [0, 0.1) is 0 Å². The first-order valence-electron chi connectivity index (χ1n) is 5.31. The zero-order valence-corrected chi connectivity index (χ0v) is 8.71. The number of ether oxygens (including phenoxy) is 1. The summed E-state index contributed by atoms with van der Waals surface area (Å²) < 4.78 is 5.43. The van der Waals surface area contributed by atoms with Gasteiger partial charge in [0.05, 0.1) is 18.7 Å². The summed E-state index contributed by atoms with van der Waals surface area (Å²) in [5.74, 6) is 0.218. The van der Waals surface area contributed by atoms with E-state index in [9.17, 15) is 4.79 Å². The second kappa shape index (κ2) is 3.87. The first-order chi connectivity index (χ1) is 6.78. The number of hydrogen-bond donors (Lipinski definition) is 1. The molecule has 0 radical (unpaired) electrons. The van der Waals surface area contributed by atoms with Crippen molar-refractivity contribution in [3.63, 3.8) is 0 Å². The van der Waals surface area contributed by atoms with Gasteiger partial charge in [0.1, 0.15) is 0 Å². The fourth-order valence-electron chi connectivity index (χ4n) is 2.58. The summed E-state index contributed by atoms with van der Waals surface area (Å²) in [4.78, 5) is 13.8. The van der Waals surface area contributed by atoms with Crippen molar-refractivity contribution < 1.29 is 9.53 Å². The normalized spacial score (nSPS) is 31.6. The van der Waals surface area contributed by atoms with Crippen LogP contribution in [0.4, 0.5) is 0 Å². The lowest BCUT2D eigenvalue weighted by Gasteiger charge is -2.33. The fraction of sp³-hybridized carbons (Fsp3) is 0.900. The van der Waals surface area contributed by atoms with E-state index in [2.05, 4.69) is 5.32 Å². The van der Waals surface area contributed by atoms with E-state index in [0.717, 1.165) is 39.0 Å². The lowest BCUT2D eigenvalue weighted by atomic mass is 9.95. The molecule has 0 aliphatic carbocycles. The largest absolute Gasteiger partial charge is 0.379 e. The van der Waals surface area contributed by atoms with Crippen LogP contribution in [0.3, 0.4) is 0 Å². The molecule has 2 saturated heterocycles. The highest BCUT2D eigenvalue weighted by atomic mass is 16.5. The average Bonchev–Trinajstić information content (AvgIpc) is 2.78. The van der Waals surface area contributed by atoms with Gasteiger partial charge in [-0.05, 0) is 26.3 Å². The van der Waals surface area contributed by atoms with Gasteiger partial charge in [-0.15, -0.1) is 0 Å². The van der Waals surface area contributed by atoms with Crippen molar-refractivity contribution in [2.45, 2.75) is 24.8 Å². The summed E-state index contributed by atoms with van der Waals surface area (Å²) in [6.07, 6.45) is 3.25. The van der Waals surface area contributed by atoms with E-state index in [1.54, 1.807) is 0 Å². The molecule has 0 aromatic heterocycles. The molecule has 1 unspecified atom stereocenters. The molecule has 0 aromatic rings. The average molecular weight is 198 g/mol. The number of nitrogens with zero attached hydrogens (tertiary/aromatic N) is 1. The van der Waals surface area contributed by atoms with Gasteiger partial charge < -0.3 is 15.0 Å². The third kappa shape index (κ3) is 1.53. The number of rotatable bonds is 2. The zero-order valence-electron chi connectivity index (χ0n) is 8.71. The van der Waals surface area contributed by atoms with Crippen molar-refractivity contribution in [1.29, 1.82) is 0 Å². The summed E-state index contributed by atoms with van der Waals surface area (Å²) in [7, 11) is 1.81. The molecule has 0 aromatic carbocycles. The Morgan fingerprint density at radius 1 is 1.57 bits per heavy atom. The van der Waals surface area contributed by atoms with E-state index in [1.165, 1.54) is 0 Å². The number of carbonyl (C=O) groups excluding carboxylic acids is 1. The monoisotopic (exact) mass is 198 g/mol. The lowest BCUT2D eigenvalue weighted by Crippen LogP contribution is -2.50. The molecule has 80 valence electrons. The Morgan fingerprint density at radius 3 is 3.07 bits per heavy atom. The molecule has 1 atom stereocenters. The van der Waals surface area contributed by atoms with Crippen LogP contribution >= 0.6 is 0 Å². The molecule has 0 saturated carbocycles. The van der Waals surface area contributed by atoms with Gasteiger partial charge >= 0.3 is 0 Å². The van der Waals surface area contributed by atoms with Crippen molar-refractivity contribution in [3.8, 4) is 0 Å². The lowest BCUT2D eigenvalue weighted by molar-refractivity contribution is -0.134. The SMILES string of the molecule is CNCC(=O)N1CCCC12CCOC2. The van der Waals surface area contributed by atoms with Gasteiger partial charge in [0, 0.05) is 13.2 Å². The van der Waals surface area contributed by atoms with E-state index < -0.39 is 0 Å². The van der Waals surface area contributed by atoms with Gasteiger partial charge in [-0.3, -0.25) is 4.79 Å². The van der Waals surface area contributed by atoms with Gasteiger partial charge in [0.25, 0.3) is 0 Å². The van der Waals surface area contributed by atoms with Crippen molar-refractivity contribution >= 4 is 5.91 Å². The predicted molar refractivity (Wildman–Crippen MR) is 53.0 cm³/mol. The molecule has 4 nitrogen and oxygen atoms in total. The molecule has 1 amide bonds. The minimum atomic E-state index is 0.0495. The van der Waals surface area contributed by atoms with Gasteiger partial charge in [0.2, 0.25) is 5.91 Å². The van der Waals surface area contributed by atoms with E-state index in [0.29, 0.717) is 6.54 Å². The Labute approximate surface area is 84.6 Å². The molecule has 2 rings (SSSR count). The Hall–Kier alpha value is -0.610. The standard InChI is InChI=1S/C10H18N2O2/c1-11-7-9(13)12-5-2-3-10(12)4-6-14-8-10/h11H,2-8H2,1H3. The molecule has 2 fully saturated rings. The Morgan fingerprint density at radius 2 is 2.43 bits per heavy atom. The predicted octanol–water partition coefficient (Wildman–Crippen LogP) is -0.0127. The molecule has 2 aliphatic heterocycles. The van der Waals surface area contributed by atoms with Crippen LogP contribution in [-0.4, -0.2) is 49.7 Å². The first-order valence-corrected chi connectivity index (χ1v) is 5.31. The van der Waals surface area contributed by atoms with Crippen LogP contribution in [0.2, 0.25) is 0 Å². The zero-order chi connectivity index (χ0) is 10.0. The van der Waals surface area contributed by atoms with Crippen molar-refractivity contribution in [1.82, 2.24) is 10.2 Å². The number of likely N-dealkylation sites (tertiary alicyclic amines) is 1. The quantitative estimate of drug-likeness (QED) is 0.678. The highest BCUT2D eigenvalue weighted by Crippen LogP contribution is 2.36. The van der Waals surface area contributed by atoms with Gasteiger partial charge in [0.15, 0.2) is 0 Å². The van der Waals surface area contributed by atoms with Crippen LogP contribution in [0.1, 0.15) is 19.3 Å². The maximum Gasteiger partial charge on any atom is 0.237 e. The Kier molecular flexibility index (Phi) is 2.74. The van der Waals surface area contributed by atoms with E-state index in [4.69, 9.17) is 4.74 Å². The third-order valence-corrected chi connectivity index (χ3v) is 3.31. The molecule has 0 bridgehead atoms. The van der Waals surface area contributed by atoms with E-state index in [1.807, 2.05) is 11.9 Å². The smallest absolute Gasteiger partial charge is 0.237 e. The van der Waals surface area contributed by atoms with Crippen molar-refractivity contribution in [2.24, 2.45) is 0 Å². The highest BCUT2D eigenvalue weighted by Gasteiger charge is 2.45. The summed E-state index contributed by atoms with van der Waals surface area (Å²) in [5.41, 5.74) is 0.0495. The Balaban J connectivity index is 2.06. The van der Waals surface area contributed by atoms with E-state index in [-0.39, 0.29) is 11.4 Å². The number of amides is 1. The van der Waals surface area contributed by atoms with Crippen LogP contribution < -0.4 is 5.32 Å². The maximum atomic E-state index is 11.8. The van der Waals surface area contributed by atoms with Crippen LogP contribution in [0.15, 0.2) is 0 Å². The minimum absolute atomic E-state index is 0.0495. The maximum absolute atomic E-state index is 11.8. The summed E-state index contributed by atoms with van der Waals surface area (Å²) in [6, 6.07) is 0. The molecule has 2 heterocycles. The summed E-state index contributed by atoms with van der Waals surface area (Å²) in [6.45, 7) is 2.90. The number of likely N-dealkylation sites (N-methyl/N-ethyl adjacent to an activating group) is 1. The molecule has 4 heteroatoms. The molecule has 2 aliphatic rings. The van der Waals surface area contributed by atoms with Crippen LogP contribution in [0.25, 0.3) is 0 Å². The number of hydrogen-bond acceptors (Lipinski definition) is 3. The first kappa shape index (κ1) is 9.93. The molecule has 1 N–H and O–H groups in total. The van der Waals surface area contributed by atoms with Crippen molar-refractivity contribution in [3.05, 3.63) is 0 Å². The van der Waals surface area contributed by atoms with Crippen LogP contribution in [-0.2, 0) is 9.53 Å². The van der Waals surface area contributed by atoms with Gasteiger partial charge in [-0.1, -0.05) is 0 Å². The second-order valence-corrected chi connectivity index (χ2v) is 4.21. The van der Waals surface area contributed by atoms with Crippen LogP contribution in [0.5, 0.6) is 0 Å². The number of nitrogens with one attached hydrogen (secondary N) is 1. The molecule has 14 heavy (non-hydrogen) atoms. The summed E-state index contributed by atoms with van der Waals surface area (Å²) in [5, 5.41) is 2.92. The third-order valence-electron chi connectivity index (χ3n) is 3.31. The molecule has 1 spiro atoms. The fourth-order valence-corrected chi connectivity index (χ4v) is 2.58. The Bertz CT molecular complexity index is 219. The molecular weight excluding hydrogens is 180 g/mol. The van der Waals surface area contributed by atoms with E-state index >= 15 is 0 Å². The van der Waals surface area contributed by atoms with Gasteiger partial charge in [-0.25, -0.2) is 0 Å².